The highest BCUT2D eigenvalue weighted by Crippen LogP contribution is 2.36. The third-order valence-corrected chi connectivity index (χ3v) is 3.55. The quantitative estimate of drug-likeness (QED) is 0.727. The first-order chi connectivity index (χ1) is 7.24. The number of carbonyl (C=O) groups excluding carboxylic acids is 1. The zero-order chi connectivity index (χ0) is 10.8. The first-order valence-corrected chi connectivity index (χ1v) is 5.79. The lowest BCUT2D eigenvalue weighted by Gasteiger charge is -2.21. The number of rotatable bonds is 2. The maximum Gasteiger partial charge on any atom is 0.171 e. The normalized spacial score (nSPS) is 18.0. The topological polar surface area (TPSA) is 34.9 Å². The van der Waals surface area contributed by atoms with E-state index >= 15 is 0 Å². The Morgan fingerprint density at radius 2 is 2.07 bits per heavy atom. The second-order valence-electron chi connectivity index (χ2n) is 4.16. The summed E-state index contributed by atoms with van der Waals surface area (Å²) in [6.07, 6.45) is 6.88. The Hall–Kier alpha value is -0.830. The number of aromatic nitrogens is 2. The lowest BCUT2D eigenvalue weighted by molar-refractivity contribution is 0.111. The van der Waals surface area contributed by atoms with E-state index in [2.05, 4.69) is 5.10 Å². The first kappa shape index (κ1) is 10.7. The predicted octanol–water partition coefficient (Wildman–Crippen LogP) is 2.93. The largest absolute Gasteiger partial charge is 0.296 e. The molecule has 1 aromatic heterocycles. The van der Waals surface area contributed by atoms with Gasteiger partial charge in [0.1, 0.15) is 5.69 Å². The van der Waals surface area contributed by atoms with Gasteiger partial charge in [0.05, 0.1) is 10.7 Å². The van der Waals surface area contributed by atoms with Gasteiger partial charge in [0.2, 0.25) is 0 Å². The van der Waals surface area contributed by atoms with Crippen LogP contribution in [0.4, 0.5) is 0 Å². The summed E-state index contributed by atoms with van der Waals surface area (Å²) in [6, 6.07) is 0. The van der Waals surface area contributed by atoms with Crippen LogP contribution in [0.2, 0.25) is 5.02 Å². The van der Waals surface area contributed by atoms with Crippen molar-refractivity contribution in [3.8, 4) is 0 Å². The van der Waals surface area contributed by atoms with E-state index < -0.39 is 0 Å². The van der Waals surface area contributed by atoms with Crippen molar-refractivity contribution in [2.45, 2.75) is 38.0 Å². The number of aldehydes is 1. The van der Waals surface area contributed by atoms with Crippen molar-refractivity contribution in [1.82, 2.24) is 9.78 Å². The van der Waals surface area contributed by atoms with Gasteiger partial charge in [0.15, 0.2) is 6.29 Å². The third kappa shape index (κ3) is 1.93. The highest BCUT2D eigenvalue weighted by molar-refractivity contribution is 6.33. The molecule has 1 aliphatic rings. The van der Waals surface area contributed by atoms with E-state index in [1.807, 2.05) is 7.05 Å². The molecule has 1 fully saturated rings. The lowest BCUT2D eigenvalue weighted by atomic mass is 9.87. The molecule has 0 aromatic carbocycles. The van der Waals surface area contributed by atoms with Gasteiger partial charge in [-0.2, -0.15) is 5.10 Å². The molecule has 0 amide bonds. The second-order valence-corrected chi connectivity index (χ2v) is 4.54. The number of nitrogens with zero attached hydrogens (tertiary/aromatic N) is 2. The van der Waals surface area contributed by atoms with Crippen molar-refractivity contribution in [1.29, 1.82) is 0 Å². The minimum Gasteiger partial charge on any atom is -0.296 e. The van der Waals surface area contributed by atoms with Gasteiger partial charge in [0.25, 0.3) is 0 Å². The molecule has 0 N–H and O–H groups in total. The number of aryl methyl sites for hydroxylation is 1. The summed E-state index contributed by atoms with van der Waals surface area (Å²) >= 11 is 6.15. The van der Waals surface area contributed by atoms with E-state index in [1.54, 1.807) is 4.68 Å². The third-order valence-electron chi connectivity index (χ3n) is 3.16. The molecule has 0 unspecified atom stereocenters. The van der Waals surface area contributed by atoms with Gasteiger partial charge in [-0.3, -0.25) is 9.48 Å². The van der Waals surface area contributed by atoms with Gasteiger partial charge in [-0.1, -0.05) is 30.9 Å². The molecule has 0 bridgehead atoms. The first-order valence-electron chi connectivity index (χ1n) is 5.41. The second kappa shape index (κ2) is 4.35. The Labute approximate surface area is 94.4 Å². The molecule has 1 aromatic rings. The highest BCUT2D eigenvalue weighted by Gasteiger charge is 2.23. The van der Waals surface area contributed by atoms with Crippen molar-refractivity contribution in [3.05, 3.63) is 16.4 Å². The number of carbonyl (C=O) groups is 1. The Bertz CT molecular complexity index is 367. The summed E-state index contributed by atoms with van der Waals surface area (Å²) in [5, 5.41) is 4.68. The van der Waals surface area contributed by atoms with E-state index in [0.29, 0.717) is 16.6 Å². The molecule has 1 saturated carbocycles. The molecule has 2 rings (SSSR count). The summed E-state index contributed by atoms with van der Waals surface area (Å²) in [6.45, 7) is 0. The molecule has 0 atom stereocenters. The van der Waals surface area contributed by atoms with Crippen molar-refractivity contribution >= 4 is 17.9 Å². The van der Waals surface area contributed by atoms with Crippen molar-refractivity contribution in [2.24, 2.45) is 7.05 Å². The van der Waals surface area contributed by atoms with Gasteiger partial charge in [-0.05, 0) is 12.8 Å². The maximum absolute atomic E-state index is 10.7. The Kier molecular flexibility index (Phi) is 3.10. The van der Waals surface area contributed by atoms with Gasteiger partial charge >= 0.3 is 0 Å². The monoisotopic (exact) mass is 226 g/mol. The molecular formula is C11H15ClN2O. The van der Waals surface area contributed by atoms with E-state index in [9.17, 15) is 4.79 Å². The molecule has 0 aliphatic heterocycles. The van der Waals surface area contributed by atoms with Crippen LogP contribution in [0.15, 0.2) is 0 Å². The smallest absolute Gasteiger partial charge is 0.171 e. The van der Waals surface area contributed by atoms with Crippen LogP contribution in [0.3, 0.4) is 0 Å². The van der Waals surface area contributed by atoms with E-state index in [-0.39, 0.29) is 0 Å². The fourth-order valence-electron chi connectivity index (χ4n) is 2.43. The van der Waals surface area contributed by atoms with Crippen molar-refractivity contribution < 1.29 is 4.79 Å². The van der Waals surface area contributed by atoms with Gasteiger partial charge < -0.3 is 0 Å². The van der Waals surface area contributed by atoms with Crippen molar-refractivity contribution in [3.63, 3.8) is 0 Å². The Morgan fingerprint density at radius 1 is 1.40 bits per heavy atom. The number of hydrogen-bond acceptors (Lipinski definition) is 2. The highest BCUT2D eigenvalue weighted by atomic mass is 35.5. The zero-order valence-corrected chi connectivity index (χ0v) is 9.63. The van der Waals surface area contributed by atoms with Gasteiger partial charge in [-0.15, -0.1) is 0 Å². The summed E-state index contributed by atoms with van der Waals surface area (Å²) < 4.78 is 1.77. The fraction of sp³-hybridized carbons (Fsp3) is 0.636. The number of hydrogen-bond donors (Lipinski definition) is 0. The molecule has 0 saturated heterocycles. The SMILES string of the molecule is Cn1nc(C=O)c(Cl)c1C1CCCCC1. The number of halogens is 1. The van der Waals surface area contributed by atoms with Crippen LogP contribution in [0, 0.1) is 0 Å². The van der Waals surface area contributed by atoms with Crippen LogP contribution in [0.1, 0.15) is 54.2 Å². The molecule has 0 radical (unpaired) electrons. The average Bonchev–Trinajstić information content (AvgIpc) is 2.55. The zero-order valence-electron chi connectivity index (χ0n) is 8.87. The standard InChI is InChI=1S/C11H15ClN2O/c1-14-11(8-5-3-2-4-6-8)10(12)9(7-15)13-14/h7-8H,2-6H2,1H3. The van der Waals surface area contributed by atoms with Crippen LogP contribution < -0.4 is 0 Å². The summed E-state index contributed by atoms with van der Waals surface area (Å²) in [5.41, 5.74) is 1.42. The van der Waals surface area contributed by atoms with Crippen molar-refractivity contribution in [2.75, 3.05) is 0 Å². The summed E-state index contributed by atoms with van der Waals surface area (Å²) in [7, 11) is 1.86. The molecule has 0 spiro atoms. The Morgan fingerprint density at radius 3 is 2.60 bits per heavy atom. The molecule has 1 aliphatic carbocycles. The molecule has 82 valence electrons. The van der Waals surface area contributed by atoms with Gasteiger partial charge in [0, 0.05) is 13.0 Å². The fourth-order valence-corrected chi connectivity index (χ4v) is 2.79. The van der Waals surface area contributed by atoms with Crippen LogP contribution in [-0.4, -0.2) is 16.1 Å². The van der Waals surface area contributed by atoms with Crippen LogP contribution >= 0.6 is 11.6 Å². The average molecular weight is 227 g/mol. The molecule has 15 heavy (non-hydrogen) atoms. The minimum absolute atomic E-state index is 0.375. The molecular weight excluding hydrogens is 212 g/mol. The summed E-state index contributed by atoms with van der Waals surface area (Å²) in [4.78, 5) is 10.7. The summed E-state index contributed by atoms with van der Waals surface area (Å²) in [5.74, 6) is 0.484. The molecule has 4 heteroatoms. The predicted molar refractivity (Wildman–Crippen MR) is 59.4 cm³/mol. The lowest BCUT2D eigenvalue weighted by Crippen LogP contribution is -2.09. The van der Waals surface area contributed by atoms with Gasteiger partial charge in [-0.25, -0.2) is 0 Å². The van der Waals surface area contributed by atoms with Crippen LogP contribution in [0.25, 0.3) is 0 Å². The Balaban J connectivity index is 2.33. The van der Waals surface area contributed by atoms with E-state index in [0.717, 1.165) is 24.8 Å². The van der Waals surface area contributed by atoms with E-state index in [1.165, 1.54) is 19.3 Å². The maximum atomic E-state index is 10.7. The molecule has 1 heterocycles. The molecule has 3 nitrogen and oxygen atoms in total. The van der Waals surface area contributed by atoms with Crippen LogP contribution in [0.5, 0.6) is 0 Å². The van der Waals surface area contributed by atoms with Crippen LogP contribution in [-0.2, 0) is 7.05 Å². The van der Waals surface area contributed by atoms with E-state index in [4.69, 9.17) is 11.6 Å². The minimum atomic E-state index is 0.375.